The van der Waals surface area contributed by atoms with Gasteiger partial charge in [-0.15, -0.1) is 0 Å². The third-order valence-electron chi connectivity index (χ3n) is 4.88. The zero-order valence-electron chi connectivity index (χ0n) is 16.0. The first kappa shape index (κ1) is 19.3. The summed E-state index contributed by atoms with van der Waals surface area (Å²) < 4.78 is 5.40. The number of rotatable bonds is 4. The number of amides is 2. The van der Waals surface area contributed by atoms with Gasteiger partial charge in [0.05, 0.1) is 18.5 Å². The molecule has 1 fully saturated rings. The Morgan fingerprint density at radius 2 is 2.21 bits per heavy atom. The lowest BCUT2D eigenvalue weighted by Gasteiger charge is -2.29. The van der Waals surface area contributed by atoms with E-state index in [1.807, 2.05) is 16.8 Å². The summed E-state index contributed by atoms with van der Waals surface area (Å²) in [6.45, 7) is 3.11. The van der Waals surface area contributed by atoms with Crippen LogP contribution in [-0.4, -0.2) is 56.4 Å². The molecule has 29 heavy (non-hydrogen) atoms. The van der Waals surface area contributed by atoms with E-state index in [1.165, 1.54) is 0 Å². The van der Waals surface area contributed by atoms with Gasteiger partial charge in [0, 0.05) is 25.5 Å². The molecule has 1 saturated heterocycles. The number of carbonyl (C=O) groups is 2. The lowest BCUT2D eigenvalue weighted by Crippen LogP contribution is -2.40. The van der Waals surface area contributed by atoms with E-state index < -0.39 is 6.04 Å². The van der Waals surface area contributed by atoms with Crippen molar-refractivity contribution in [1.82, 2.24) is 24.9 Å². The second kappa shape index (κ2) is 8.52. The number of nitrogens with zero attached hydrogens (tertiary/aromatic N) is 5. The molecule has 0 N–H and O–H groups in total. The Hall–Kier alpha value is -3.07. The molecule has 1 aliphatic rings. The lowest BCUT2D eigenvalue weighted by atomic mass is 10.1. The quantitative estimate of drug-likeness (QED) is 0.655. The molecule has 0 bridgehead atoms. The Morgan fingerprint density at radius 3 is 2.90 bits per heavy atom. The standard InChI is InChI=1S/C20H21N5O3S/c1-14-22-19(28-23-14)17-12-24(18(26)10-15-5-9-29-13-15)7-3-8-25(17)20(27)16-4-2-6-21-11-16/h2,4-6,9,11,13,17H,3,7-8,10,12H2,1H3. The minimum absolute atomic E-state index is 0.0281. The van der Waals surface area contributed by atoms with E-state index in [-0.39, 0.29) is 11.8 Å². The topological polar surface area (TPSA) is 92.4 Å². The minimum Gasteiger partial charge on any atom is -0.340 e. The highest BCUT2D eigenvalue weighted by molar-refractivity contribution is 7.08. The first-order valence-corrected chi connectivity index (χ1v) is 10.4. The molecule has 4 rings (SSSR count). The van der Waals surface area contributed by atoms with Crippen LogP contribution in [0.15, 0.2) is 45.9 Å². The van der Waals surface area contributed by atoms with Crippen LogP contribution in [0.5, 0.6) is 0 Å². The number of carbonyl (C=O) groups excluding carboxylic acids is 2. The van der Waals surface area contributed by atoms with Gasteiger partial charge in [0.2, 0.25) is 5.91 Å². The summed E-state index contributed by atoms with van der Waals surface area (Å²) in [5.74, 6) is 0.704. The van der Waals surface area contributed by atoms with Gasteiger partial charge in [-0.1, -0.05) is 5.16 Å². The third-order valence-corrected chi connectivity index (χ3v) is 5.61. The largest absolute Gasteiger partial charge is 0.340 e. The Kier molecular flexibility index (Phi) is 5.66. The number of thiophene rings is 1. The van der Waals surface area contributed by atoms with Crippen LogP contribution in [-0.2, 0) is 11.2 Å². The molecule has 0 spiro atoms. The summed E-state index contributed by atoms with van der Waals surface area (Å²) in [5.41, 5.74) is 1.49. The van der Waals surface area contributed by atoms with Gasteiger partial charge in [0.15, 0.2) is 5.82 Å². The van der Waals surface area contributed by atoms with Crippen LogP contribution >= 0.6 is 11.3 Å². The predicted molar refractivity (Wildman–Crippen MR) is 106 cm³/mol. The minimum atomic E-state index is -0.502. The summed E-state index contributed by atoms with van der Waals surface area (Å²) in [7, 11) is 0. The highest BCUT2D eigenvalue weighted by atomic mass is 32.1. The Bertz CT molecular complexity index is 973. The first-order chi connectivity index (χ1) is 14.1. The van der Waals surface area contributed by atoms with Crippen molar-refractivity contribution in [3.8, 4) is 0 Å². The van der Waals surface area contributed by atoms with Crippen molar-refractivity contribution < 1.29 is 14.1 Å². The highest BCUT2D eigenvalue weighted by Gasteiger charge is 2.35. The molecular formula is C20H21N5O3S. The summed E-state index contributed by atoms with van der Waals surface area (Å²) in [6.07, 6.45) is 4.19. The summed E-state index contributed by atoms with van der Waals surface area (Å²) in [6, 6.07) is 4.92. The van der Waals surface area contributed by atoms with Crippen molar-refractivity contribution in [2.45, 2.75) is 25.8 Å². The number of hydrogen-bond acceptors (Lipinski definition) is 7. The second-order valence-corrected chi connectivity index (χ2v) is 7.72. The third kappa shape index (κ3) is 4.34. The molecule has 8 nitrogen and oxygen atoms in total. The first-order valence-electron chi connectivity index (χ1n) is 9.42. The molecule has 0 radical (unpaired) electrons. The van der Waals surface area contributed by atoms with Gasteiger partial charge < -0.3 is 14.3 Å². The van der Waals surface area contributed by atoms with Crippen molar-refractivity contribution in [1.29, 1.82) is 0 Å². The SMILES string of the molecule is Cc1noc(C2CN(C(=O)Cc3ccsc3)CCCN2C(=O)c2cccnc2)n1. The molecule has 0 saturated carbocycles. The average molecular weight is 411 g/mol. The molecule has 2 amide bonds. The van der Waals surface area contributed by atoms with E-state index in [0.717, 1.165) is 5.56 Å². The van der Waals surface area contributed by atoms with Crippen molar-refractivity contribution >= 4 is 23.2 Å². The molecule has 1 atom stereocenters. The summed E-state index contributed by atoms with van der Waals surface area (Å²) in [5, 5.41) is 7.82. The van der Waals surface area contributed by atoms with E-state index in [1.54, 1.807) is 52.6 Å². The number of aryl methyl sites for hydroxylation is 1. The molecule has 4 heterocycles. The fraction of sp³-hybridized carbons (Fsp3) is 0.350. The van der Waals surface area contributed by atoms with Crippen LogP contribution < -0.4 is 0 Å². The van der Waals surface area contributed by atoms with Gasteiger partial charge in [-0.3, -0.25) is 14.6 Å². The van der Waals surface area contributed by atoms with Gasteiger partial charge >= 0.3 is 0 Å². The molecule has 150 valence electrons. The van der Waals surface area contributed by atoms with E-state index in [0.29, 0.717) is 49.8 Å². The van der Waals surface area contributed by atoms with Crippen LogP contribution in [0.2, 0.25) is 0 Å². The molecule has 0 aromatic carbocycles. The van der Waals surface area contributed by atoms with E-state index in [4.69, 9.17) is 4.52 Å². The summed E-state index contributed by atoms with van der Waals surface area (Å²) >= 11 is 1.57. The van der Waals surface area contributed by atoms with Crippen LogP contribution in [0.25, 0.3) is 0 Å². The van der Waals surface area contributed by atoms with Crippen molar-refractivity contribution in [3.05, 3.63) is 64.2 Å². The van der Waals surface area contributed by atoms with Crippen LogP contribution in [0, 0.1) is 6.92 Å². The van der Waals surface area contributed by atoms with E-state index in [2.05, 4.69) is 15.1 Å². The summed E-state index contributed by atoms with van der Waals surface area (Å²) in [4.78, 5) is 38.0. The maximum absolute atomic E-state index is 13.2. The molecule has 0 aliphatic carbocycles. The van der Waals surface area contributed by atoms with Crippen molar-refractivity contribution in [2.75, 3.05) is 19.6 Å². The second-order valence-electron chi connectivity index (χ2n) is 6.94. The lowest BCUT2D eigenvalue weighted by molar-refractivity contribution is -0.130. The van der Waals surface area contributed by atoms with E-state index >= 15 is 0 Å². The number of pyridine rings is 1. The smallest absolute Gasteiger partial charge is 0.256 e. The normalized spacial score (nSPS) is 17.2. The fourth-order valence-electron chi connectivity index (χ4n) is 3.45. The van der Waals surface area contributed by atoms with Crippen LogP contribution in [0.3, 0.4) is 0 Å². The zero-order chi connectivity index (χ0) is 20.2. The van der Waals surface area contributed by atoms with Gasteiger partial charge in [-0.25, -0.2) is 0 Å². The predicted octanol–water partition coefficient (Wildman–Crippen LogP) is 2.49. The molecule has 3 aromatic heterocycles. The molecule has 3 aromatic rings. The van der Waals surface area contributed by atoms with Gasteiger partial charge in [-0.2, -0.15) is 16.3 Å². The van der Waals surface area contributed by atoms with Crippen molar-refractivity contribution in [3.63, 3.8) is 0 Å². The number of aromatic nitrogens is 3. The Labute approximate surface area is 172 Å². The molecule has 9 heteroatoms. The van der Waals surface area contributed by atoms with Gasteiger partial charge in [0.25, 0.3) is 11.8 Å². The number of hydrogen-bond donors (Lipinski definition) is 0. The zero-order valence-corrected chi connectivity index (χ0v) is 16.8. The van der Waals surface area contributed by atoms with Crippen LogP contribution in [0.1, 0.15) is 40.1 Å². The van der Waals surface area contributed by atoms with Gasteiger partial charge in [-0.05, 0) is 47.9 Å². The highest BCUT2D eigenvalue weighted by Crippen LogP contribution is 2.26. The monoisotopic (exact) mass is 411 g/mol. The fourth-order valence-corrected chi connectivity index (χ4v) is 4.12. The Morgan fingerprint density at radius 1 is 1.31 bits per heavy atom. The molecular weight excluding hydrogens is 390 g/mol. The maximum atomic E-state index is 13.2. The average Bonchev–Trinajstić information content (AvgIpc) is 3.34. The molecule has 1 unspecified atom stereocenters. The van der Waals surface area contributed by atoms with E-state index in [9.17, 15) is 9.59 Å². The molecule has 1 aliphatic heterocycles. The van der Waals surface area contributed by atoms with Gasteiger partial charge in [0.1, 0.15) is 6.04 Å². The van der Waals surface area contributed by atoms with Crippen molar-refractivity contribution in [2.24, 2.45) is 0 Å². The van der Waals surface area contributed by atoms with Crippen LogP contribution in [0.4, 0.5) is 0 Å². The maximum Gasteiger partial charge on any atom is 0.256 e. The Balaban J connectivity index is 1.60.